The van der Waals surface area contributed by atoms with Crippen LogP contribution in [0.1, 0.15) is 26.7 Å². The molecule has 2 unspecified atom stereocenters. The average molecular weight is 155 g/mol. The molecular formula is C8H13NO2. The molecular weight excluding hydrogens is 142 g/mol. The summed E-state index contributed by atoms with van der Waals surface area (Å²) in [5.41, 5.74) is -0.727. The van der Waals surface area contributed by atoms with Crippen LogP contribution >= 0.6 is 0 Å². The largest absolute Gasteiger partial charge is 0.264 e. The molecule has 0 saturated carbocycles. The molecule has 0 saturated heterocycles. The Labute approximate surface area is 66.3 Å². The molecule has 0 radical (unpaired) electrons. The van der Waals surface area contributed by atoms with E-state index in [0.29, 0.717) is 6.42 Å². The summed E-state index contributed by atoms with van der Waals surface area (Å²) in [5.74, 6) is 0.155. The van der Waals surface area contributed by atoms with Gasteiger partial charge in [-0.3, -0.25) is 10.1 Å². The van der Waals surface area contributed by atoms with Crippen LogP contribution in [-0.4, -0.2) is 10.5 Å². The van der Waals surface area contributed by atoms with Crippen molar-refractivity contribution in [2.45, 2.75) is 32.2 Å². The lowest BCUT2D eigenvalue weighted by molar-refractivity contribution is -0.575. The average Bonchev–Trinajstić information content (AvgIpc) is 1.95. The molecule has 1 rings (SSSR count). The highest BCUT2D eigenvalue weighted by Gasteiger charge is 2.42. The summed E-state index contributed by atoms with van der Waals surface area (Å²) in [4.78, 5) is 10.5. The summed E-state index contributed by atoms with van der Waals surface area (Å²) in [7, 11) is 0. The van der Waals surface area contributed by atoms with Gasteiger partial charge in [0.1, 0.15) is 0 Å². The Morgan fingerprint density at radius 3 is 2.64 bits per heavy atom. The van der Waals surface area contributed by atoms with Gasteiger partial charge >= 0.3 is 0 Å². The van der Waals surface area contributed by atoms with Crippen molar-refractivity contribution in [3.8, 4) is 0 Å². The maximum Gasteiger partial charge on any atom is 0.225 e. The Bertz CT molecular complexity index is 200. The zero-order valence-corrected chi connectivity index (χ0v) is 6.91. The minimum absolute atomic E-state index is 0.152. The minimum atomic E-state index is -0.727. The molecule has 0 aromatic heterocycles. The van der Waals surface area contributed by atoms with Crippen molar-refractivity contribution >= 4 is 0 Å². The molecule has 3 nitrogen and oxygen atoms in total. The number of rotatable bonds is 1. The molecule has 11 heavy (non-hydrogen) atoms. The van der Waals surface area contributed by atoms with Gasteiger partial charge in [-0.2, -0.15) is 0 Å². The van der Waals surface area contributed by atoms with Crippen molar-refractivity contribution in [1.82, 2.24) is 0 Å². The smallest absolute Gasteiger partial charge is 0.225 e. The molecule has 1 aliphatic carbocycles. The summed E-state index contributed by atoms with van der Waals surface area (Å²) in [5, 5.41) is 10.7. The summed E-state index contributed by atoms with van der Waals surface area (Å²) in [6, 6.07) is 0. The monoisotopic (exact) mass is 155 g/mol. The molecule has 0 amide bonds. The van der Waals surface area contributed by atoms with E-state index in [9.17, 15) is 10.1 Å². The van der Waals surface area contributed by atoms with Gasteiger partial charge < -0.3 is 0 Å². The molecule has 0 aliphatic heterocycles. The van der Waals surface area contributed by atoms with Gasteiger partial charge in [-0.05, 0) is 6.42 Å². The van der Waals surface area contributed by atoms with Crippen LogP contribution in [-0.2, 0) is 0 Å². The van der Waals surface area contributed by atoms with E-state index in [1.165, 1.54) is 0 Å². The second kappa shape index (κ2) is 2.64. The molecule has 0 aromatic carbocycles. The molecule has 0 heterocycles. The van der Waals surface area contributed by atoms with Crippen molar-refractivity contribution in [3.63, 3.8) is 0 Å². The van der Waals surface area contributed by atoms with E-state index in [2.05, 4.69) is 0 Å². The van der Waals surface area contributed by atoms with Gasteiger partial charge in [0.05, 0.1) is 0 Å². The first kappa shape index (κ1) is 8.24. The first-order valence-electron chi connectivity index (χ1n) is 3.87. The van der Waals surface area contributed by atoms with E-state index in [1.807, 2.05) is 19.1 Å². The fourth-order valence-electron chi connectivity index (χ4n) is 1.33. The molecule has 0 bridgehead atoms. The standard InChI is InChI=1S/C8H13NO2/c1-7-5-3-4-6-8(7,2)9(10)11/h3-4,7H,5-6H2,1-2H3. The minimum Gasteiger partial charge on any atom is -0.264 e. The molecule has 0 aromatic rings. The Balaban J connectivity index is 2.84. The lowest BCUT2D eigenvalue weighted by Crippen LogP contribution is -2.42. The maximum atomic E-state index is 10.7. The van der Waals surface area contributed by atoms with Crippen LogP contribution in [0.4, 0.5) is 0 Å². The van der Waals surface area contributed by atoms with E-state index in [1.54, 1.807) is 6.92 Å². The molecule has 0 spiro atoms. The summed E-state index contributed by atoms with van der Waals surface area (Å²) >= 11 is 0. The Morgan fingerprint density at radius 2 is 2.27 bits per heavy atom. The normalized spacial score (nSPS) is 37.1. The fraction of sp³-hybridized carbons (Fsp3) is 0.750. The maximum absolute atomic E-state index is 10.7. The summed E-state index contributed by atoms with van der Waals surface area (Å²) in [6.45, 7) is 3.66. The van der Waals surface area contributed by atoms with Crippen LogP contribution in [0, 0.1) is 16.0 Å². The SMILES string of the molecule is CC1CC=CCC1(C)[N+](=O)[O-]. The van der Waals surface area contributed by atoms with Gasteiger partial charge in [0.15, 0.2) is 0 Å². The molecule has 1 aliphatic rings. The van der Waals surface area contributed by atoms with Crippen LogP contribution in [0.2, 0.25) is 0 Å². The van der Waals surface area contributed by atoms with Crippen molar-refractivity contribution < 1.29 is 4.92 Å². The number of hydrogen-bond acceptors (Lipinski definition) is 2. The van der Waals surface area contributed by atoms with Crippen LogP contribution in [0.15, 0.2) is 12.2 Å². The third kappa shape index (κ3) is 1.27. The zero-order valence-electron chi connectivity index (χ0n) is 6.91. The molecule has 2 atom stereocenters. The fourth-order valence-corrected chi connectivity index (χ4v) is 1.33. The molecule has 62 valence electrons. The zero-order chi connectivity index (χ0) is 8.48. The quantitative estimate of drug-likeness (QED) is 0.330. The van der Waals surface area contributed by atoms with Crippen LogP contribution in [0.3, 0.4) is 0 Å². The predicted octanol–water partition coefficient (Wildman–Crippen LogP) is 2.01. The van der Waals surface area contributed by atoms with E-state index in [4.69, 9.17) is 0 Å². The highest BCUT2D eigenvalue weighted by Crippen LogP contribution is 2.31. The Morgan fingerprint density at radius 1 is 1.64 bits per heavy atom. The number of nitrogens with zero attached hydrogens (tertiary/aromatic N) is 1. The first-order chi connectivity index (χ1) is 5.07. The van der Waals surface area contributed by atoms with Gasteiger partial charge in [-0.25, -0.2) is 0 Å². The molecule has 0 fully saturated rings. The lowest BCUT2D eigenvalue weighted by atomic mass is 9.79. The Kier molecular flexibility index (Phi) is 1.98. The van der Waals surface area contributed by atoms with Crippen molar-refractivity contribution in [2.75, 3.05) is 0 Å². The van der Waals surface area contributed by atoms with Gasteiger partial charge in [0.2, 0.25) is 5.54 Å². The predicted molar refractivity (Wildman–Crippen MR) is 42.9 cm³/mol. The van der Waals surface area contributed by atoms with Crippen LogP contribution < -0.4 is 0 Å². The third-order valence-corrected chi connectivity index (χ3v) is 2.67. The van der Waals surface area contributed by atoms with Crippen LogP contribution in [0.25, 0.3) is 0 Å². The van der Waals surface area contributed by atoms with Gasteiger partial charge in [0, 0.05) is 24.2 Å². The van der Waals surface area contributed by atoms with Crippen molar-refractivity contribution in [2.24, 2.45) is 5.92 Å². The number of hydrogen-bond donors (Lipinski definition) is 0. The summed E-state index contributed by atoms with van der Waals surface area (Å²) in [6.07, 6.45) is 5.33. The highest BCUT2D eigenvalue weighted by molar-refractivity contribution is 5.00. The highest BCUT2D eigenvalue weighted by atomic mass is 16.6. The van der Waals surface area contributed by atoms with E-state index < -0.39 is 5.54 Å². The van der Waals surface area contributed by atoms with Gasteiger partial charge in [0.25, 0.3) is 0 Å². The first-order valence-corrected chi connectivity index (χ1v) is 3.87. The van der Waals surface area contributed by atoms with Gasteiger partial charge in [-0.15, -0.1) is 0 Å². The second-order valence-corrected chi connectivity index (χ2v) is 3.43. The van der Waals surface area contributed by atoms with Crippen LogP contribution in [0.5, 0.6) is 0 Å². The summed E-state index contributed by atoms with van der Waals surface area (Å²) < 4.78 is 0. The van der Waals surface area contributed by atoms with Crippen molar-refractivity contribution in [1.29, 1.82) is 0 Å². The van der Waals surface area contributed by atoms with E-state index >= 15 is 0 Å². The van der Waals surface area contributed by atoms with Gasteiger partial charge in [-0.1, -0.05) is 19.1 Å². The third-order valence-electron chi connectivity index (χ3n) is 2.67. The molecule has 3 heteroatoms. The Hall–Kier alpha value is -0.860. The van der Waals surface area contributed by atoms with Crippen molar-refractivity contribution in [3.05, 3.63) is 22.3 Å². The number of nitro groups is 1. The number of allylic oxidation sites excluding steroid dienone is 1. The van der Waals surface area contributed by atoms with E-state index in [0.717, 1.165) is 6.42 Å². The van der Waals surface area contributed by atoms with E-state index in [-0.39, 0.29) is 10.8 Å². The second-order valence-electron chi connectivity index (χ2n) is 3.43. The molecule has 0 N–H and O–H groups in total. The lowest BCUT2D eigenvalue weighted by Gasteiger charge is -2.28. The topological polar surface area (TPSA) is 43.1 Å².